The Labute approximate surface area is 194 Å². The van der Waals surface area contributed by atoms with Crippen molar-refractivity contribution in [3.63, 3.8) is 0 Å². The summed E-state index contributed by atoms with van der Waals surface area (Å²) in [6, 6.07) is 14.3. The first kappa shape index (κ1) is 23.2. The van der Waals surface area contributed by atoms with Crippen LogP contribution in [0.1, 0.15) is 32.1 Å². The third kappa shape index (κ3) is 5.33. The van der Waals surface area contributed by atoms with Gasteiger partial charge in [0.1, 0.15) is 0 Å². The normalized spacial score (nSPS) is 14.1. The Morgan fingerprint density at radius 3 is 2.15 bits per heavy atom. The molecule has 7 nitrogen and oxygen atoms in total. The lowest BCUT2D eigenvalue weighted by molar-refractivity contribution is -0.138. The summed E-state index contributed by atoms with van der Waals surface area (Å²) >= 11 is 0. The van der Waals surface area contributed by atoms with Gasteiger partial charge >= 0.3 is 6.18 Å². The monoisotopic (exact) mass is 469 g/mol. The molecule has 1 aliphatic heterocycles. The largest absolute Gasteiger partial charge is 0.417 e. The van der Waals surface area contributed by atoms with Crippen LogP contribution in [0.3, 0.4) is 0 Å². The first-order chi connectivity index (χ1) is 16.3. The van der Waals surface area contributed by atoms with Crippen LogP contribution >= 0.6 is 0 Å². The molecule has 1 N–H and O–H groups in total. The summed E-state index contributed by atoms with van der Waals surface area (Å²) in [5.41, 5.74) is 0.342. The van der Waals surface area contributed by atoms with Crippen molar-refractivity contribution in [1.82, 2.24) is 20.2 Å². The number of hydrogen-bond donors (Lipinski definition) is 1. The van der Waals surface area contributed by atoms with Crippen LogP contribution in [-0.4, -0.2) is 52.9 Å². The molecule has 2 amide bonds. The minimum absolute atomic E-state index is 0.0391. The van der Waals surface area contributed by atoms with E-state index in [0.717, 1.165) is 11.6 Å². The molecule has 0 atom stereocenters. The number of nitrogens with one attached hydrogen (secondary N) is 1. The number of halogens is 3. The van der Waals surface area contributed by atoms with E-state index in [4.69, 9.17) is 0 Å². The smallest absolute Gasteiger partial charge is 0.365 e. The molecule has 0 unspecified atom stereocenters. The van der Waals surface area contributed by atoms with Gasteiger partial charge in [-0.05, 0) is 17.7 Å². The molecule has 0 bridgehead atoms. The SMILES string of the molecule is O=C(NCc1ccccc1)c1ncc(N2CCN(C(=O)c3ccccc3C(F)(F)F)CC2)cn1. The van der Waals surface area contributed by atoms with Crippen molar-refractivity contribution >= 4 is 17.5 Å². The molecular weight excluding hydrogens is 447 g/mol. The highest BCUT2D eigenvalue weighted by Crippen LogP contribution is 2.32. The molecule has 0 spiro atoms. The maximum Gasteiger partial charge on any atom is 0.417 e. The van der Waals surface area contributed by atoms with E-state index in [1.165, 1.54) is 35.5 Å². The number of anilines is 1. The third-order valence-corrected chi connectivity index (χ3v) is 5.53. The Balaban J connectivity index is 1.34. The predicted octanol–water partition coefficient (Wildman–Crippen LogP) is 3.39. The lowest BCUT2D eigenvalue weighted by Crippen LogP contribution is -2.49. The zero-order valence-electron chi connectivity index (χ0n) is 18.1. The molecule has 0 radical (unpaired) electrons. The van der Waals surface area contributed by atoms with Crippen LogP contribution in [0, 0.1) is 0 Å². The fraction of sp³-hybridized carbons (Fsp3) is 0.250. The van der Waals surface area contributed by atoms with E-state index in [0.29, 0.717) is 25.3 Å². The maximum atomic E-state index is 13.3. The number of piperazine rings is 1. The first-order valence-electron chi connectivity index (χ1n) is 10.7. The standard InChI is InChI=1S/C24H22F3N5O2/c25-24(26,27)20-9-5-4-8-19(20)23(34)32-12-10-31(11-13-32)18-15-28-21(29-16-18)22(33)30-14-17-6-2-1-3-7-17/h1-9,15-16H,10-14H2,(H,30,33). The van der Waals surface area contributed by atoms with Crippen molar-refractivity contribution < 1.29 is 22.8 Å². The van der Waals surface area contributed by atoms with E-state index in [-0.39, 0.29) is 24.5 Å². The van der Waals surface area contributed by atoms with Crippen LogP contribution in [-0.2, 0) is 12.7 Å². The van der Waals surface area contributed by atoms with Gasteiger partial charge in [0.25, 0.3) is 11.8 Å². The Morgan fingerprint density at radius 2 is 1.50 bits per heavy atom. The molecule has 4 rings (SSSR count). The van der Waals surface area contributed by atoms with Crippen molar-refractivity contribution in [2.75, 3.05) is 31.1 Å². The Morgan fingerprint density at radius 1 is 0.882 bits per heavy atom. The summed E-state index contributed by atoms with van der Waals surface area (Å²) in [6.07, 6.45) is -1.54. The zero-order chi connectivity index (χ0) is 24.1. The molecule has 176 valence electrons. The second kappa shape index (κ2) is 9.90. The van der Waals surface area contributed by atoms with E-state index in [2.05, 4.69) is 15.3 Å². The van der Waals surface area contributed by atoms with Crippen molar-refractivity contribution in [3.05, 3.63) is 89.5 Å². The highest BCUT2D eigenvalue weighted by Gasteiger charge is 2.36. The lowest BCUT2D eigenvalue weighted by Gasteiger charge is -2.36. The Hall–Kier alpha value is -3.95. The molecule has 1 aromatic heterocycles. The van der Waals surface area contributed by atoms with Crippen molar-refractivity contribution in [2.24, 2.45) is 0 Å². The second-order valence-electron chi connectivity index (χ2n) is 7.76. The number of rotatable bonds is 5. The molecule has 1 aliphatic rings. The van der Waals surface area contributed by atoms with Crippen LogP contribution in [0.25, 0.3) is 0 Å². The number of amides is 2. The van der Waals surface area contributed by atoms with Gasteiger partial charge in [-0.2, -0.15) is 13.2 Å². The van der Waals surface area contributed by atoms with Gasteiger partial charge in [-0.25, -0.2) is 9.97 Å². The van der Waals surface area contributed by atoms with Gasteiger partial charge in [-0.1, -0.05) is 42.5 Å². The number of benzene rings is 2. The summed E-state index contributed by atoms with van der Waals surface area (Å²) < 4.78 is 39.8. The molecule has 3 aromatic rings. The number of carbonyl (C=O) groups excluding carboxylic acids is 2. The Bertz CT molecular complexity index is 1150. The molecule has 34 heavy (non-hydrogen) atoms. The summed E-state index contributed by atoms with van der Waals surface area (Å²) in [5.74, 6) is -0.999. The van der Waals surface area contributed by atoms with E-state index < -0.39 is 23.6 Å². The maximum absolute atomic E-state index is 13.3. The molecule has 0 aliphatic carbocycles. The average molecular weight is 469 g/mol. The molecular formula is C24H22F3N5O2. The highest BCUT2D eigenvalue weighted by molar-refractivity contribution is 5.96. The van der Waals surface area contributed by atoms with Crippen molar-refractivity contribution in [2.45, 2.75) is 12.7 Å². The molecule has 1 fully saturated rings. The van der Waals surface area contributed by atoms with Gasteiger partial charge in [0, 0.05) is 32.7 Å². The molecule has 2 heterocycles. The first-order valence-corrected chi connectivity index (χ1v) is 10.7. The predicted molar refractivity (Wildman–Crippen MR) is 119 cm³/mol. The number of aromatic nitrogens is 2. The van der Waals surface area contributed by atoms with E-state index in [1.54, 1.807) is 0 Å². The quantitative estimate of drug-likeness (QED) is 0.620. The van der Waals surface area contributed by atoms with E-state index >= 15 is 0 Å². The van der Waals surface area contributed by atoms with E-state index in [9.17, 15) is 22.8 Å². The van der Waals surface area contributed by atoms with Gasteiger partial charge in [0.05, 0.1) is 29.2 Å². The number of nitrogens with zero attached hydrogens (tertiary/aromatic N) is 4. The fourth-order valence-corrected chi connectivity index (χ4v) is 3.71. The lowest BCUT2D eigenvalue weighted by atomic mass is 10.1. The fourth-order valence-electron chi connectivity index (χ4n) is 3.71. The minimum Gasteiger partial charge on any atom is -0.365 e. The van der Waals surface area contributed by atoms with E-state index in [1.807, 2.05) is 35.2 Å². The summed E-state index contributed by atoms with van der Waals surface area (Å²) in [6.45, 7) is 1.68. The van der Waals surface area contributed by atoms with Gasteiger partial charge in [-0.3, -0.25) is 9.59 Å². The molecule has 1 saturated heterocycles. The number of hydrogen-bond acceptors (Lipinski definition) is 5. The zero-order valence-corrected chi connectivity index (χ0v) is 18.1. The van der Waals surface area contributed by atoms with Crippen LogP contribution in [0.5, 0.6) is 0 Å². The summed E-state index contributed by atoms with van der Waals surface area (Å²) in [7, 11) is 0. The number of alkyl halides is 3. The summed E-state index contributed by atoms with van der Waals surface area (Å²) in [5, 5.41) is 2.76. The van der Waals surface area contributed by atoms with Crippen LogP contribution < -0.4 is 10.2 Å². The number of carbonyl (C=O) groups is 2. The highest BCUT2D eigenvalue weighted by atomic mass is 19.4. The van der Waals surface area contributed by atoms with Crippen LogP contribution in [0.15, 0.2) is 67.0 Å². The van der Waals surface area contributed by atoms with Gasteiger partial charge in [0.2, 0.25) is 5.82 Å². The topological polar surface area (TPSA) is 78.4 Å². The van der Waals surface area contributed by atoms with Gasteiger partial charge in [0.15, 0.2) is 0 Å². The van der Waals surface area contributed by atoms with Crippen molar-refractivity contribution in [3.8, 4) is 0 Å². The van der Waals surface area contributed by atoms with Gasteiger partial charge in [-0.15, -0.1) is 0 Å². The molecule has 2 aromatic carbocycles. The minimum atomic E-state index is -4.60. The van der Waals surface area contributed by atoms with Crippen LogP contribution in [0.4, 0.5) is 18.9 Å². The molecule has 10 heteroatoms. The second-order valence-corrected chi connectivity index (χ2v) is 7.76. The molecule has 0 saturated carbocycles. The van der Waals surface area contributed by atoms with Crippen molar-refractivity contribution in [1.29, 1.82) is 0 Å². The summed E-state index contributed by atoms with van der Waals surface area (Å²) in [4.78, 5) is 36.6. The van der Waals surface area contributed by atoms with Gasteiger partial charge < -0.3 is 15.1 Å². The Kier molecular flexibility index (Phi) is 6.76. The third-order valence-electron chi connectivity index (χ3n) is 5.53. The average Bonchev–Trinajstić information content (AvgIpc) is 2.87. The van der Waals surface area contributed by atoms with Crippen LogP contribution in [0.2, 0.25) is 0 Å².